The summed E-state index contributed by atoms with van der Waals surface area (Å²) in [5, 5.41) is 0. The fourth-order valence-electron chi connectivity index (χ4n) is 6.10. The molecule has 2 N–H and O–H groups in total. The third-order valence-corrected chi connectivity index (χ3v) is 7.92. The molecule has 2 atom stereocenters. The SMILES string of the molecule is O=C(C[NH+]1CC[NH+](Cc2ccc3c(c2)CCO3)CC1)N1CC[C@@H]2CCCC[C@H]2C1. The normalized spacial score (nSPS) is 31.7. The van der Waals surface area contributed by atoms with Gasteiger partial charge in [0, 0.05) is 25.1 Å². The van der Waals surface area contributed by atoms with Crippen molar-refractivity contribution in [3.8, 4) is 5.75 Å². The first-order chi connectivity index (χ1) is 14.2. The summed E-state index contributed by atoms with van der Waals surface area (Å²) in [5.41, 5.74) is 2.80. The number of amides is 1. The van der Waals surface area contributed by atoms with Crippen LogP contribution in [0.25, 0.3) is 0 Å². The zero-order valence-electron chi connectivity index (χ0n) is 17.8. The summed E-state index contributed by atoms with van der Waals surface area (Å²) >= 11 is 0. The summed E-state index contributed by atoms with van der Waals surface area (Å²) in [6.07, 6.45) is 7.83. The molecule has 1 saturated carbocycles. The van der Waals surface area contributed by atoms with Crippen molar-refractivity contribution in [1.29, 1.82) is 0 Å². The van der Waals surface area contributed by atoms with E-state index in [1.807, 2.05) is 0 Å². The number of fused-ring (bicyclic) bond motifs is 2. The molecule has 1 amide bonds. The van der Waals surface area contributed by atoms with Crippen molar-refractivity contribution in [3.05, 3.63) is 29.3 Å². The average Bonchev–Trinajstić information content (AvgIpc) is 3.23. The van der Waals surface area contributed by atoms with Gasteiger partial charge in [-0.2, -0.15) is 0 Å². The van der Waals surface area contributed by atoms with Gasteiger partial charge in [-0.1, -0.05) is 19.3 Å². The summed E-state index contributed by atoms with van der Waals surface area (Å²) in [7, 11) is 0. The molecule has 5 rings (SSSR count). The minimum atomic E-state index is 0.408. The van der Waals surface area contributed by atoms with Gasteiger partial charge >= 0.3 is 0 Å². The van der Waals surface area contributed by atoms with Crippen LogP contribution in [0, 0.1) is 11.8 Å². The summed E-state index contributed by atoms with van der Waals surface area (Å²) in [4.78, 5) is 18.3. The van der Waals surface area contributed by atoms with Crippen LogP contribution in [0.2, 0.25) is 0 Å². The highest BCUT2D eigenvalue weighted by molar-refractivity contribution is 5.77. The van der Waals surface area contributed by atoms with Crippen LogP contribution in [0.5, 0.6) is 5.75 Å². The van der Waals surface area contributed by atoms with Crippen LogP contribution in [0.4, 0.5) is 0 Å². The lowest BCUT2D eigenvalue weighted by atomic mass is 9.75. The van der Waals surface area contributed by atoms with Gasteiger partial charge in [0.25, 0.3) is 5.91 Å². The van der Waals surface area contributed by atoms with Crippen molar-refractivity contribution >= 4 is 5.91 Å². The molecule has 4 aliphatic rings. The lowest BCUT2D eigenvalue weighted by Gasteiger charge is -2.41. The molecule has 3 heterocycles. The third-order valence-electron chi connectivity index (χ3n) is 7.92. The highest BCUT2D eigenvalue weighted by atomic mass is 16.5. The molecule has 0 bridgehead atoms. The minimum Gasteiger partial charge on any atom is -0.493 e. The number of hydrogen-bond donors (Lipinski definition) is 2. The molecular weight excluding hydrogens is 362 g/mol. The van der Waals surface area contributed by atoms with Gasteiger partial charge in [0.2, 0.25) is 0 Å². The topological polar surface area (TPSA) is 38.4 Å². The van der Waals surface area contributed by atoms with E-state index in [4.69, 9.17) is 4.74 Å². The Morgan fingerprint density at radius 3 is 2.69 bits per heavy atom. The second kappa shape index (κ2) is 8.65. The Kier molecular flexibility index (Phi) is 5.78. The maximum Gasteiger partial charge on any atom is 0.277 e. The number of piperazine rings is 1. The van der Waals surface area contributed by atoms with Gasteiger partial charge in [0.15, 0.2) is 6.54 Å². The molecule has 5 nitrogen and oxygen atoms in total. The predicted molar refractivity (Wildman–Crippen MR) is 112 cm³/mol. The van der Waals surface area contributed by atoms with E-state index in [-0.39, 0.29) is 0 Å². The number of nitrogens with zero attached hydrogens (tertiary/aromatic N) is 1. The van der Waals surface area contributed by atoms with Gasteiger partial charge in [-0.05, 0) is 48.4 Å². The van der Waals surface area contributed by atoms with Gasteiger partial charge in [-0.15, -0.1) is 0 Å². The van der Waals surface area contributed by atoms with E-state index in [0.717, 1.165) is 63.3 Å². The maximum atomic E-state index is 12.9. The number of nitrogens with one attached hydrogen (secondary N) is 2. The smallest absolute Gasteiger partial charge is 0.277 e. The van der Waals surface area contributed by atoms with E-state index in [2.05, 4.69) is 23.1 Å². The molecule has 29 heavy (non-hydrogen) atoms. The Balaban J connectivity index is 1.07. The van der Waals surface area contributed by atoms with Crippen molar-refractivity contribution in [2.45, 2.75) is 45.1 Å². The number of likely N-dealkylation sites (tertiary alicyclic amines) is 1. The highest BCUT2D eigenvalue weighted by Gasteiger charge is 2.34. The Morgan fingerprint density at radius 1 is 1.03 bits per heavy atom. The molecule has 0 spiro atoms. The van der Waals surface area contributed by atoms with E-state index in [0.29, 0.717) is 12.5 Å². The zero-order valence-corrected chi connectivity index (χ0v) is 17.8. The van der Waals surface area contributed by atoms with Crippen molar-refractivity contribution in [1.82, 2.24) is 4.90 Å². The summed E-state index contributed by atoms with van der Waals surface area (Å²) in [5.74, 6) is 3.17. The van der Waals surface area contributed by atoms with Crippen LogP contribution in [0.3, 0.4) is 0 Å². The molecule has 3 fully saturated rings. The number of quaternary nitrogens is 2. The van der Waals surface area contributed by atoms with Crippen molar-refractivity contribution in [3.63, 3.8) is 0 Å². The van der Waals surface area contributed by atoms with E-state index in [9.17, 15) is 4.79 Å². The Hall–Kier alpha value is -1.59. The number of hydrogen-bond acceptors (Lipinski definition) is 2. The molecule has 5 heteroatoms. The molecule has 0 unspecified atom stereocenters. The molecule has 3 aliphatic heterocycles. The Labute approximate surface area is 175 Å². The molecule has 0 radical (unpaired) electrons. The lowest BCUT2D eigenvalue weighted by Crippen LogP contribution is -3.28. The molecule has 2 saturated heterocycles. The standard InChI is InChI=1S/C24H35N3O2/c28-24(27-9-7-20-3-1-2-4-22(20)17-27)18-26-12-10-25(11-13-26)16-19-5-6-23-21(15-19)8-14-29-23/h5-6,15,20,22H,1-4,7-14,16-18H2/p+2/t20-,22-/m0/s1. The van der Waals surface area contributed by atoms with Crippen LogP contribution in [0.15, 0.2) is 18.2 Å². The van der Waals surface area contributed by atoms with E-state index >= 15 is 0 Å². The highest BCUT2D eigenvalue weighted by Crippen LogP contribution is 2.35. The Morgan fingerprint density at radius 2 is 1.83 bits per heavy atom. The molecule has 1 aromatic carbocycles. The maximum absolute atomic E-state index is 12.9. The monoisotopic (exact) mass is 399 g/mol. The summed E-state index contributed by atoms with van der Waals surface area (Å²) < 4.78 is 5.63. The van der Waals surface area contributed by atoms with Gasteiger partial charge in [0.05, 0.1) is 6.61 Å². The molecule has 1 aliphatic carbocycles. The first kappa shape index (κ1) is 19.4. The van der Waals surface area contributed by atoms with Crippen molar-refractivity contribution in [2.24, 2.45) is 11.8 Å². The zero-order chi connectivity index (χ0) is 19.6. The number of carbonyl (C=O) groups is 1. The largest absolute Gasteiger partial charge is 0.493 e. The minimum absolute atomic E-state index is 0.408. The van der Waals surface area contributed by atoms with Crippen LogP contribution < -0.4 is 14.5 Å². The number of carbonyl (C=O) groups excluding carboxylic acids is 1. The van der Waals surface area contributed by atoms with Crippen molar-refractivity contribution in [2.75, 3.05) is 52.4 Å². The molecule has 1 aromatic rings. The van der Waals surface area contributed by atoms with Crippen molar-refractivity contribution < 1.29 is 19.3 Å². The quantitative estimate of drug-likeness (QED) is 0.745. The molecule has 0 aromatic heterocycles. The van der Waals surface area contributed by atoms with Gasteiger partial charge < -0.3 is 19.4 Å². The van der Waals surface area contributed by atoms with Crippen LogP contribution in [-0.2, 0) is 17.8 Å². The Bertz CT molecular complexity index is 729. The van der Waals surface area contributed by atoms with Gasteiger partial charge in [0.1, 0.15) is 38.5 Å². The first-order valence-corrected chi connectivity index (χ1v) is 11.9. The van der Waals surface area contributed by atoms with E-state index < -0.39 is 0 Å². The van der Waals surface area contributed by atoms with Gasteiger partial charge in [-0.25, -0.2) is 0 Å². The molecular formula is C24H37N3O2+2. The van der Waals surface area contributed by atoms with E-state index in [1.165, 1.54) is 61.2 Å². The summed E-state index contributed by atoms with van der Waals surface area (Å²) in [6.45, 7) is 9.26. The lowest BCUT2D eigenvalue weighted by molar-refractivity contribution is -1.02. The second-order valence-electron chi connectivity index (χ2n) is 9.83. The van der Waals surface area contributed by atoms with E-state index in [1.54, 1.807) is 4.90 Å². The van der Waals surface area contributed by atoms with Crippen LogP contribution in [0.1, 0.15) is 43.2 Å². The summed E-state index contributed by atoms with van der Waals surface area (Å²) in [6, 6.07) is 6.72. The fourth-order valence-corrected chi connectivity index (χ4v) is 6.10. The average molecular weight is 400 g/mol. The number of ether oxygens (including phenoxy) is 1. The first-order valence-electron chi connectivity index (χ1n) is 11.9. The number of piperidine rings is 1. The van der Waals surface area contributed by atoms with Crippen LogP contribution in [-0.4, -0.2) is 63.2 Å². The van der Waals surface area contributed by atoms with Gasteiger partial charge in [-0.3, -0.25) is 4.79 Å². The molecule has 158 valence electrons. The predicted octanol–water partition coefficient (Wildman–Crippen LogP) is -0.0564. The number of rotatable bonds is 4. The second-order valence-corrected chi connectivity index (χ2v) is 9.83. The fraction of sp³-hybridized carbons (Fsp3) is 0.708. The van der Waals surface area contributed by atoms with Crippen LogP contribution >= 0.6 is 0 Å². The third kappa shape index (κ3) is 4.46. The number of benzene rings is 1.